The summed E-state index contributed by atoms with van der Waals surface area (Å²) in [6.45, 7) is 11.7. The topological polar surface area (TPSA) is 26.7 Å². The number of hydrogen-bond acceptors (Lipinski definition) is 3. The molecule has 2 rings (SSSR count). The Morgan fingerprint density at radius 1 is 1.19 bits per heavy atom. The van der Waals surface area contributed by atoms with Gasteiger partial charge < -0.3 is 10.0 Å². The minimum Gasteiger partial charge on any atom is -0.391 e. The Bertz CT molecular complexity index is 342. The van der Waals surface area contributed by atoms with Crippen LogP contribution >= 0.6 is 0 Å². The summed E-state index contributed by atoms with van der Waals surface area (Å²) >= 11 is 0. The normalized spacial score (nSPS) is 39.1. The molecule has 1 aliphatic heterocycles. The summed E-state index contributed by atoms with van der Waals surface area (Å²) in [7, 11) is 4.37. The van der Waals surface area contributed by atoms with Crippen LogP contribution in [0.2, 0.25) is 0 Å². The molecule has 0 aromatic rings. The molecule has 1 saturated carbocycles. The van der Waals surface area contributed by atoms with Gasteiger partial charge in [0.05, 0.1) is 6.10 Å². The first kappa shape index (κ1) is 17.2. The molecule has 124 valence electrons. The second-order valence-electron chi connectivity index (χ2n) is 8.45. The molecule has 21 heavy (non-hydrogen) atoms. The van der Waals surface area contributed by atoms with Crippen LogP contribution in [0, 0.1) is 17.3 Å². The van der Waals surface area contributed by atoms with E-state index in [9.17, 15) is 5.11 Å². The number of aliphatic hydroxyl groups is 1. The molecule has 1 aliphatic carbocycles. The number of nitrogens with zero attached hydrogens (tertiary/aromatic N) is 2. The molecule has 3 nitrogen and oxygen atoms in total. The van der Waals surface area contributed by atoms with Crippen LogP contribution in [0.4, 0.5) is 0 Å². The van der Waals surface area contributed by atoms with Gasteiger partial charge in [-0.1, -0.05) is 34.1 Å². The van der Waals surface area contributed by atoms with Crippen molar-refractivity contribution in [1.29, 1.82) is 0 Å². The third-order valence-electron chi connectivity index (χ3n) is 6.53. The van der Waals surface area contributed by atoms with Crippen LogP contribution in [0.25, 0.3) is 0 Å². The third-order valence-corrected chi connectivity index (χ3v) is 6.53. The number of aliphatic hydroxyl groups excluding tert-OH is 1. The van der Waals surface area contributed by atoms with Crippen LogP contribution in [0.5, 0.6) is 0 Å². The van der Waals surface area contributed by atoms with Crippen LogP contribution in [-0.4, -0.2) is 60.3 Å². The Hall–Kier alpha value is -0.120. The molecule has 1 N–H and O–H groups in total. The minimum atomic E-state index is -0.123. The van der Waals surface area contributed by atoms with Crippen LogP contribution < -0.4 is 0 Å². The highest BCUT2D eigenvalue weighted by Gasteiger charge is 2.42. The second kappa shape index (κ2) is 6.55. The van der Waals surface area contributed by atoms with Crippen molar-refractivity contribution < 1.29 is 5.11 Å². The number of hydrogen-bond donors (Lipinski definition) is 1. The fraction of sp³-hybridized carbons (Fsp3) is 1.00. The molecule has 5 atom stereocenters. The van der Waals surface area contributed by atoms with Crippen molar-refractivity contribution in [2.24, 2.45) is 17.3 Å². The molecule has 3 heteroatoms. The Morgan fingerprint density at radius 2 is 1.86 bits per heavy atom. The fourth-order valence-corrected chi connectivity index (χ4v) is 4.45. The summed E-state index contributed by atoms with van der Waals surface area (Å²) < 4.78 is 0. The smallest absolute Gasteiger partial charge is 0.0695 e. The largest absolute Gasteiger partial charge is 0.391 e. The van der Waals surface area contributed by atoms with Crippen LogP contribution in [-0.2, 0) is 0 Å². The SMILES string of the molecule is CCC(C)(C)C1CCC(O)C(N2CC(C)C(N(C)C)C2)C1. The molecule has 0 bridgehead atoms. The molecule has 5 unspecified atom stereocenters. The lowest BCUT2D eigenvalue weighted by Crippen LogP contribution is -2.49. The van der Waals surface area contributed by atoms with Crippen molar-refractivity contribution in [3.05, 3.63) is 0 Å². The van der Waals surface area contributed by atoms with Crippen LogP contribution in [0.15, 0.2) is 0 Å². The average Bonchev–Trinajstić information content (AvgIpc) is 2.81. The number of rotatable bonds is 4. The summed E-state index contributed by atoms with van der Waals surface area (Å²) in [6, 6.07) is 1.01. The van der Waals surface area contributed by atoms with Gasteiger partial charge >= 0.3 is 0 Å². The van der Waals surface area contributed by atoms with E-state index in [1.54, 1.807) is 0 Å². The van der Waals surface area contributed by atoms with Gasteiger partial charge in [0.2, 0.25) is 0 Å². The molecular formula is C18H36N2O. The molecule has 0 spiro atoms. The number of likely N-dealkylation sites (tertiary alicyclic amines) is 1. The van der Waals surface area contributed by atoms with Gasteiger partial charge in [-0.25, -0.2) is 0 Å². The first-order chi connectivity index (χ1) is 9.76. The summed E-state index contributed by atoms with van der Waals surface area (Å²) in [4.78, 5) is 4.94. The maximum atomic E-state index is 10.5. The second-order valence-corrected chi connectivity index (χ2v) is 8.45. The lowest BCUT2D eigenvalue weighted by molar-refractivity contribution is -0.0149. The Morgan fingerprint density at radius 3 is 2.38 bits per heavy atom. The molecule has 0 radical (unpaired) electrons. The molecule has 0 amide bonds. The molecule has 0 aromatic carbocycles. The summed E-state index contributed by atoms with van der Waals surface area (Å²) in [5.74, 6) is 1.45. The van der Waals surface area contributed by atoms with E-state index in [-0.39, 0.29) is 6.10 Å². The molecule has 2 fully saturated rings. The summed E-state index contributed by atoms with van der Waals surface area (Å²) in [5, 5.41) is 10.5. The summed E-state index contributed by atoms with van der Waals surface area (Å²) in [5.41, 5.74) is 0.407. The van der Waals surface area contributed by atoms with E-state index < -0.39 is 0 Å². The van der Waals surface area contributed by atoms with Crippen molar-refractivity contribution >= 4 is 0 Å². The van der Waals surface area contributed by atoms with Gasteiger partial charge in [-0.3, -0.25) is 4.90 Å². The van der Waals surface area contributed by atoms with Crippen LogP contribution in [0.1, 0.15) is 53.4 Å². The molecule has 1 saturated heterocycles. The van der Waals surface area contributed by atoms with Crippen LogP contribution in [0.3, 0.4) is 0 Å². The Labute approximate surface area is 131 Å². The summed E-state index contributed by atoms with van der Waals surface area (Å²) in [6.07, 6.45) is 4.46. The zero-order valence-electron chi connectivity index (χ0n) is 15.0. The van der Waals surface area contributed by atoms with Crippen molar-refractivity contribution in [1.82, 2.24) is 9.80 Å². The minimum absolute atomic E-state index is 0.123. The van der Waals surface area contributed by atoms with Crippen molar-refractivity contribution in [3.63, 3.8) is 0 Å². The fourth-order valence-electron chi connectivity index (χ4n) is 4.45. The predicted octanol–water partition coefficient (Wildman–Crippen LogP) is 2.83. The quantitative estimate of drug-likeness (QED) is 0.864. The molecular weight excluding hydrogens is 260 g/mol. The Balaban J connectivity index is 2.04. The molecule has 2 aliphatic rings. The van der Waals surface area contributed by atoms with Gasteiger partial charge in [-0.2, -0.15) is 0 Å². The lowest BCUT2D eigenvalue weighted by Gasteiger charge is -2.44. The highest BCUT2D eigenvalue weighted by molar-refractivity contribution is 4.96. The van der Waals surface area contributed by atoms with E-state index in [1.165, 1.54) is 19.3 Å². The standard InChI is InChI=1S/C18H36N2O/c1-7-18(3,4)14-8-9-17(21)15(10-14)20-11-13(2)16(12-20)19(5)6/h13-17,21H,7-12H2,1-6H3. The van der Waals surface area contributed by atoms with Gasteiger partial charge in [-0.15, -0.1) is 0 Å². The molecule has 0 aromatic heterocycles. The zero-order valence-corrected chi connectivity index (χ0v) is 15.0. The van der Waals surface area contributed by atoms with E-state index in [2.05, 4.69) is 51.6 Å². The van der Waals surface area contributed by atoms with Crippen molar-refractivity contribution in [2.45, 2.75) is 71.6 Å². The van der Waals surface area contributed by atoms with Gasteiger partial charge in [0.1, 0.15) is 0 Å². The Kier molecular flexibility index (Phi) is 5.38. The highest BCUT2D eigenvalue weighted by Crippen LogP contribution is 2.42. The average molecular weight is 296 g/mol. The maximum absolute atomic E-state index is 10.5. The van der Waals surface area contributed by atoms with Gasteiger partial charge in [-0.05, 0) is 50.6 Å². The van der Waals surface area contributed by atoms with E-state index in [0.717, 1.165) is 25.4 Å². The predicted molar refractivity (Wildman–Crippen MR) is 89.4 cm³/mol. The maximum Gasteiger partial charge on any atom is 0.0695 e. The molecule has 1 heterocycles. The monoisotopic (exact) mass is 296 g/mol. The van der Waals surface area contributed by atoms with Crippen molar-refractivity contribution in [2.75, 3.05) is 27.2 Å². The van der Waals surface area contributed by atoms with E-state index in [0.29, 0.717) is 23.4 Å². The van der Waals surface area contributed by atoms with E-state index in [1.807, 2.05) is 0 Å². The lowest BCUT2D eigenvalue weighted by atomic mass is 9.67. The van der Waals surface area contributed by atoms with Gasteiger partial charge in [0.15, 0.2) is 0 Å². The van der Waals surface area contributed by atoms with Gasteiger partial charge in [0, 0.05) is 25.2 Å². The third kappa shape index (κ3) is 3.62. The number of likely N-dealkylation sites (N-methyl/N-ethyl adjacent to an activating group) is 1. The van der Waals surface area contributed by atoms with Gasteiger partial charge in [0.25, 0.3) is 0 Å². The first-order valence-electron chi connectivity index (χ1n) is 8.84. The zero-order chi connectivity index (χ0) is 15.8. The first-order valence-corrected chi connectivity index (χ1v) is 8.84. The highest BCUT2D eigenvalue weighted by atomic mass is 16.3. The van der Waals surface area contributed by atoms with E-state index in [4.69, 9.17) is 0 Å². The van der Waals surface area contributed by atoms with E-state index >= 15 is 0 Å². The van der Waals surface area contributed by atoms with Crippen molar-refractivity contribution in [3.8, 4) is 0 Å².